The summed E-state index contributed by atoms with van der Waals surface area (Å²) in [6, 6.07) is 0. The van der Waals surface area contributed by atoms with Gasteiger partial charge in [-0.1, -0.05) is 11.6 Å². The van der Waals surface area contributed by atoms with E-state index in [0.717, 1.165) is 6.42 Å². The fraction of sp³-hybridized carbons (Fsp3) is 0.667. The second-order valence-corrected chi connectivity index (χ2v) is 6.90. The molecular formula is C9H20NO7P2+. The Morgan fingerprint density at radius 2 is 1.84 bits per heavy atom. The van der Waals surface area contributed by atoms with Crippen LogP contribution in [-0.2, 0) is 18.0 Å². The molecule has 10 heteroatoms. The number of allylic oxidation sites excluding steroid dienone is 1. The third kappa shape index (κ3) is 12.4. The summed E-state index contributed by atoms with van der Waals surface area (Å²) in [5.74, 6) is 0. The van der Waals surface area contributed by atoms with Gasteiger partial charge in [0, 0.05) is 6.42 Å². The molecule has 0 radical (unpaired) electrons. The van der Waals surface area contributed by atoms with Crippen LogP contribution >= 0.6 is 15.6 Å². The largest absolute Gasteiger partial charge is 0.481 e. The van der Waals surface area contributed by atoms with Crippen molar-refractivity contribution in [3.63, 3.8) is 0 Å². The lowest BCUT2D eigenvalue weighted by molar-refractivity contribution is -0.492. The van der Waals surface area contributed by atoms with Gasteiger partial charge >= 0.3 is 15.6 Å². The van der Waals surface area contributed by atoms with Crippen LogP contribution in [0.3, 0.4) is 0 Å². The van der Waals surface area contributed by atoms with Crippen LogP contribution in [0.4, 0.5) is 0 Å². The van der Waals surface area contributed by atoms with Gasteiger partial charge in [-0.15, -0.1) is 0 Å². The summed E-state index contributed by atoms with van der Waals surface area (Å²) >= 11 is 0. The summed E-state index contributed by atoms with van der Waals surface area (Å²) in [4.78, 5) is 25.7. The summed E-state index contributed by atoms with van der Waals surface area (Å²) in [6.07, 6.45) is 4.33. The smallest absolute Gasteiger partial charge is 0.302 e. The molecule has 0 aromatic rings. The van der Waals surface area contributed by atoms with Crippen molar-refractivity contribution >= 4 is 21.9 Å². The predicted molar refractivity (Wildman–Crippen MR) is 70.1 cm³/mol. The Kier molecular flexibility index (Phi) is 7.93. The fourth-order valence-corrected chi connectivity index (χ4v) is 2.58. The maximum absolute atomic E-state index is 11.1. The molecule has 0 rings (SSSR count). The van der Waals surface area contributed by atoms with E-state index >= 15 is 0 Å². The first kappa shape index (κ1) is 18.7. The van der Waals surface area contributed by atoms with Gasteiger partial charge < -0.3 is 14.7 Å². The summed E-state index contributed by atoms with van der Waals surface area (Å²) in [5, 5.41) is 0. The first-order chi connectivity index (χ1) is 8.52. The highest BCUT2D eigenvalue weighted by atomic mass is 31.3. The lowest BCUT2D eigenvalue weighted by Crippen LogP contribution is -2.11. The maximum atomic E-state index is 11.1. The van der Waals surface area contributed by atoms with E-state index < -0.39 is 15.6 Å². The average molecular weight is 316 g/mol. The van der Waals surface area contributed by atoms with Crippen LogP contribution in [0, 0.1) is 0 Å². The topological polar surface area (TPSA) is 116 Å². The quantitative estimate of drug-likeness (QED) is 0.267. The minimum atomic E-state index is -5.05. The molecule has 0 aliphatic carbocycles. The van der Waals surface area contributed by atoms with E-state index in [1.807, 2.05) is 19.9 Å². The van der Waals surface area contributed by atoms with E-state index in [1.54, 1.807) is 11.6 Å². The van der Waals surface area contributed by atoms with Gasteiger partial charge in [0.05, 0.1) is 0 Å². The Morgan fingerprint density at radius 3 is 2.32 bits per heavy atom. The van der Waals surface area contributed by atoms with Crippen LogP contribution in [0.15, 0.2) is 11.6 Å². The summed E-state index contributed by atoms with van der Waals surface area (Å²) in [5.41, 5.74) is 1.19. The molecule has 0 aromatic heterocycles. The van der Waals surface area contributed by atoms with Crippen LogP contribution < -0.4 is 0 Å². The lowest BCUT2D eigenvalue weighted by Gasteiger charge is -2.10. The zero-order valence-corrected chi connectivity index (χ0v) is 12.9. The molecule has 1 unspecified atom stereocenters. The van der Waals surface area contributed by atoms with Crippen molar-refractivity contribution < 1.29 is 37.2 Å². The molecule has 19 heavy (non-hydrogen) atoms. The highest BCUT2D eigenvalue weighted by molar-refractivity contribution is 7.60. The van der Waals surface area contributed by atoms with Gasteiger partial charge in [-0.3, -0.25) is 4.52 Å². The standard InChI is InChI=1S/C9H19NO7P2/c1-9(2)5-4-6-10(3)7-8-16-19(14,15)17-18(11,12)13/h5,7H,4,6,8H2,1-3H3,(H2-,11,12,13,14,15)/p+1. The molecule has 8 nitrogen and oxygen atoms in total. The van der Waals surface area contributed by atoms with Crippen LogP contribution in [-0.4, -0.2) is 45.7 Å². The van der Waals surface area contributed by atoms with Crippen molar-refractivity contribution in [1.82, 2.24) is 0 Å². The number of hydrogen-bond donors (Lipinski definition) is 3. The highest BCUT2D eigenvalue weighted by Gasteiger charge is 2.32. The molecule has 1 atom stereocenters. The van der Waals surface area contributed by atoms with Gasteiger partial charge in [0.2, 0.25) is 0 Å². The van der Waals surface area contributed by atoms with E-state index in [0.29, 0.717) is 6.54 Å². The Hall–Kier alpha value is -0.330. The molecule has 112 valence electrons. The highest BCUT2D eigenvalue weighted by Crippen LogP contribution is 2.57. The molecule has 0 aliphatic rings. The first-order valence-electron chi connectivity index (χ1n) is 5.43. The summed E-state index contributed by atoms with van der Waals surface area (Å²) in [6.45, 7) is 4.35. The van der Waals surface area contributed by atoms with E-state index in [-0.39, 0.29) is 6.61 Å². The zero-order valence-electron chi connectivity index (χ0n) is 11.1. The van der Waals surface area contributed by atoms with E-state index in [9.17, 15) is 9.13 Å². The Morgan fingerprint density at radius 1 is 1.26 bits per heavy atom. The molecular weight excluding hydrogens is 296 g/mol. The second-order valence-electron chi connectivity index (χ2n) is 4.07. The molecule has 0 amide bonds. The van der Waals surface area contributed by atoms with Crippen molar-refractivity contribution in [2.45, 2.75) is 20.3 Å². The third-order valence-electron chi connectivity index (χ3n) is 1.87. The lowest BCUT2D eigenvalue weighted by atomic mass is 10.3. The third-order valence-corrected chi connectivity index (χ3v) is 4.02. The zero-order chi connectivity index (χ0) is 15.1. The van der Waals surface area contributed by atoms with Gasteiger partial charge in [0.1, 0.15) is 20.2 Å². The summed E-state index contributed by atoms with van der Waals surface area (Å²) in [7, 11) is -8.05. The Balaban J connectivity index is 4.16. The molecule has 0 saturated heterocycles. The number of phosphoric acid groups is 2. The van der Waals surface area contributed by atoms with Gasteiger partial charge in [0.15, 0.2) is 6.21 Å². The van der Waals surface area contributed by atoms with Gasteiger partial charge in [-0.2, -0.15) is 4.31 Å². The van der Waals surface area contributed by atoms with E-state index in [1.165, 1.54) is 11.8 Å². The van der Waals surface area contributed by atoms with Gasteiger partial charge in [-0.25, -0.2) is 13.7 Å². The molecule has 0 heterocycles. The van der Waals surface area contributed by atoms with Crippen molar-refractivity contribution in [2.75, 3.05) is 20.2 Å². The number of hydrogen-bond acceptors (Lipinski definition) is 4. The molecule has 0 fully saturated rings. The molecule has 3 N–H and O–H groups in total. The minimum absolute atomic E-state index is 0.293. The Bertz CT molecular complexity index is 436. The number of rotatable bonds is 8. The van der Waals surface area contributed by atoms with Crippen LogP contribution in [0.1, 0.15) is 20.3 Å². The van der Waals surface area contributed by atoms with Gasteiger partial charge in [-0.05, 0) is 13.8 Å². The van der Waals surface area contributed by atoms with Crippen molar-refractivity contribution in [2.24, 2.45) is 0 Å². The molecule has 0 bridgehead atoms. The minimum Gasteiger partial charge on any atom is -0.302 e. The second kappa shape index (κ2) is 8.07. The fourth-order valence-electron chi connectivity index (χ4n) is 1.06. The molecule has 0 spiro atoms. The van der Waals surface area contributed by atoms with Crippen molar-refractivity contribution in [1.29, 1.82) is 0 Å². The molecule has 0 aliphatic heterocycles. The van der Waals surface area contributed by atoms with E-state index in [2.05, 4.69) is 8.83 Å². The van der Waals surface area contributed by atoms with Crippen molar-refractivity contribution in [3.8, 4) is 0 Å². The van der Waals surface area contributed by atoms with Crippen LogP contribution in [0.5, 0.6) is 0 Å². The number of phosphoric ester groups is 1. The van der Waals surface area contributed by atoms with E-state index in [4.69, 9.17) is 14.7 Å². The average Bonchev–Trinajstić information content (AvgIpc) is 2.12. The molecule has 0 saturated carbocycles. The maximum Gasteiger partial charge on any atom is 0.481 e. The monoisotopic (exact) mass is 316 g/mol. The normalized spacial score (nSPS) is 16.0. The SMILES string of the molecule is CC(C)=CCC[N+](C)=CCOP(=O)(O)OP(=O)(O)O. The van der Waals surface area contributed by atoms with Gasteiger partial charge in [0.25, 0.3) is 0 Å². The summed E-state index contributed by atoms with van der Waals surface area (Å²) < 4.78 is 31.2. The Labute approximate surface area is 112 Å². The first-order valence-corrected chi connectivity index (χ1v) is 8.45. The molecule has 0 aromatic carbocycles. The van der Waals surface area contributed by atoms with Crippen molar-refractivity contribution in [3.05, 3.63) is 11.6 Å². The number of nitrogens with zero attached hydrogens (tertiary/aromatic N) is 1. The predicted octanol–water partition coefficient (Wildman–Crippen LogP) is 1.28. The van der Waals surface area contributed by atoms with Crippen LogP contribution in [0.2, 0.25) is 0 Å². The van der Waals surface area contributed by atoms with Crippen LogP contribution in [0.25, 0.3) is 0 Å².